The third kappa shape index (κ3) is 6.85. The van der Waals surface area contributed by atoms with Crippen LogP contribution in [0.2, 0.25) is 0 Å². The molecule has 0 unspecified atom stereocenters. The van der Waals surface area contributed by atoms with E-state index < -0.39 is 0 Å². The van der Waals surface area contributed by atoms with Crippen molar-refractivity contribution in [3.8, 4) is 11.5 Å². The molecule has 186 valence electrons. The van der Waals surface area contributed by atoms with Crippen LogP contribution < -0.4 is 9.47 Å². The number of amides is 2. The monoisotopic (exact) mass is 482 g/mol. The van der Waals surface area contributed by atoms with E-state index in [-0.39, 0.29) is 37.3 Å². The zero-order valence-corrected chi connectivity index (χ0v) is 20.5. The Hall–Kier alpha value is -3.81. The molecule has 35 heavy (non-hydrogen) atoms. The molecule has 0 aliphatic heterocycles. The van der Waals surface area contributed by atoms with Crippen LogP contribution in [0, 0.1) is 12.7 Å². The zero-order valence-electron chi connectivity index (χ0n) is 20.5. The number of aryl methyl sites for hydroxylation is 1. The minimum atomic E-state index is -0.346. The van der Waals surface area contributed by atoms with Crippen molar-refractivity contribution >= 4 is 11.8 Å². The quantitative estimate of drug-likeness (QED) is 0.392. The molecule has 0 fully saturated rings. The van der Waals surface area contributed by atoms with Gasteiger partial charge < -0.3 is 23.7 Å². The first-order chi connectivity index (χ1) is 16.8. The van der Waals surface area contributed by atoms with Crippen molar-refractivity contribution in [2.45, 2.75) is 33.4 Å². The van der Waals surface area contributed by atoms with E-state index in [1.165, 1.54) is 31.3 Å². The predicted molar refractivity (Wildman–Crippen MR) is 130 cm³/mol. The van der Waals surface area contributed by atoms with Gasteiger partial charge in [-0.2, -0.15) is 0 Å². The second kappa shape index (κ2) is 12.1. The molecule has 0 bridgehead atoms. The molecule has 1 aromatic heterocycles. The summed E-state index contributed by atoms with van der Waals surface area (Å²) in [6, 6.07) is 14.6. The molecule has 0 aliphatic carbocycles. The van der Waals surface area contributed by atoms with Crippen LogP contribution in [0.15, 0.2) is 59.0 Å². The Bertz CT molecular complexity index is 1140. The van der Waals surface area contributed by atoms with Gasteiger partial charge in [0.15, 0.2) is 0 Å². The molecule has 0 spiro atoms. The summed E-state index contributed by atoms with van der Waals surface area (Å²) in [6.07, 6.45) is 0.673. The van der Waals surface area contributed by atoms with E-state index >= 15 is 0 Å². The fourth-order valence-corrected chi connectivity index (χ4v) is 3.73. The van der Waals surface area contributed by atoms with Gasteiger partial charge >= 0.3 is 0 Å². The van der Waals surface area contributed by atoms with Crippen LogP contribution in [-0.4, -0.2) is 48.9 Å². The highest BCUT2D eigenvalue weighted by Crippen LogP contribution is 2.26. The third-order valence-electron chi connectivity index (χ3n) is 5.53. The molecule has 3 aromatic rings. The molecule has 2 aromatic carbocycles. The topological polar surface area (TPSA) is 72.2 Å². The Kier molecular flexibility index (Phi) is 8.89. The number of hydrogen-bond acceptors (Lipinski definition) is 5. The van der Waals surface area contributed by atoms with Crippen molar-refractivity contribution in [3.63, 3.8) is 0 Å². The van der Waals surface area contributed by atoms with E-state index in [4.69, 9.17) is 13.9 Å². The van der Waals surface area contributed by atoms with Gasteiger partial charge in [0.25, 0.3) is 5.91 Å². The highest BCUT2D eigenvalue weighted by atomic mass is 19.1. The molecule has 2 amide bonds. The van der Waals surface area contributed by atoms with Crippen molar-refractivity contribution in [1.29, 1.82) is 0 Å². The lowest BCUT2D eigenvalue weighted by molar-refractivity contribution is -0.133. The molecular formula is C27H31FN2O5. The van der Waals surface area contributed by atoms with Crippen molar-refractivity contribution < 1.29 is 27.9 Å². The van der Waals surface area contributed by atoms with Gasteiger partial charge in [0.1, 0.15) is 35.4 Å². The van der Waals surface area contributed by atoms with E-state index in [0.29, 0.717) is 35.8 Å². The number of carbonyl (C=O) groups is 2. The summed E-state index contributed by atoms with van der Waals surface area (Å²) < 4.78 is 29.7. The van der Waals surface area contributed by atoms with Gasteiger partial charge in [0, 0.05) is 19.2 Å². The van der Waals surface area contributed by atoms with E-state index in [1.807, 2.05) is 26.0 Å². The van der Waals surface area contributed by atoms with Crippen LogP contribution >= 0.6 is 0 Å². The van der Waals surface area contributed by atoms with Gasteiger partial charge in [-0.1, -0.05) is 19.1 Å². The highest BCUT2D eigenvalue weighted by molar-refractivity contribution is 5.99. The van der Waals surface area contributed by atoms with Gasteiger partial charge in [-0.15, -0.1) is 0 Å². The lowest BCUT2D eigenvalue weighted by Crippen LogP contribution is -2.42. The summed E-state index contributed by atoms with van der Waals surface area (Å²) in [5, 5.41) is 0. The number of halogens is 1. The van der Waals surface area contributed by atoms with Crippen LogP contribution in [0.4, 0.5) is 4.39 Å². The minimum Gasteiger partial charge on any atom is -0.497 e. The summed E-state index contributed by atoms with van der Waals surface area (Å²) in [6.45, 7) is 4.52. The van der Waals surface area contributed by atoms with Gasteiger partial charge in [-0.05, 0) is 55.3 Å². The molecule has 0 aliphatic rings. The van der Waals surface area contributed by atoms with E-state index in [2.05, 4.69) is 0 Å². The average molecular weight is 483 g/mol. The number of hydrogen-bond donors (Lipinski definition) is 0. The summed E-state index contributed by atoms with van der Waals surface area (Å²) in [5.41, 5.74) is 1.12. The fraction of sp³-hybridized carbons (Fsp3) is 0.333. The Morgan fingerprint density at radius 1 is 0.943 bits per heavy atom. The van der Waals surface area contributed by atoms with E-state index in [1.54, 1.807) is 35.2 Å². The molecule has 0 radical (unpaired) electrons. The standard InChI is InChI=1S/C27H31FN2O5/c1-5-14-29(27(32)24-13-12-22(33-3)15-25(24)34-4)18-26(31)30(17-23-11-6-19(2)35-23)16-20-7-9-21(28)10-8-20/h6-13,15H,5,14,16-18H2,1-4H3. The molecule has 8 heteroatoms. The van der Waals surface area contributed by atoms with Crippen LogP contribution in [0.1, 0.15) is 40.8 Å². The molecule has 1 heterocycles. The summed E-state index contributed by atoms with van der Waals surface area (Å²) in [5.74, 6) is 1.40. The fourth-order valence-electron chi connectivity index (χ4n) is 3.73. The Morgan fingerprint density at radius 2 is 1.69 bits per heavy atom. The third-order valence-corrected chi connectivity index (χ3v) is 5.53. The van der Waals surface area contributed by atoms with Crippen LogP contribution in [0.5, 0.6) is 11.5 Å². The maximum atomic E-state index is 13.5. The lowest BCUT2D eigenvalue weighted by Gasteiger charge is -2.27. The van der Waals surface area contributed by atoms with Crippen molar-refractivity contribution in [2.75, 3.05) is 27.3 Å². The number of rotatable bonds is 11. The maximum Gasteiger partial charge on any atom is 0.258 e. The molecule has 3 rings (SSSR count). The first-order valence-corrected chi connectivity index (χ1v) is 11.4. The van der Waals surface area contributed by atoms with E-state index in [9.17, 15) is 14.0 Å². The number of methoxy groups -OCH3 is 2. The van der Waals surface area contributed by atoms with Crippen molar-refractivity contribution in [2.24, 2.45) is 0 Å². The van der Waals surface area contributed by atoms with Crippen molar-refractivity contribution in [3.05, 3.63) is 83.1 Å². The SMILES string of the molecule is CCCN(CC(=O)N(Cc1ccc(F)cc1)Cc1ccc(C)o1)C(=O)c1ccc(OC)cc1OC. The Labute approximate surface area is 205 Å². The summed E-state index contributed by atoms with van der Waals surface area (Å²) in [7, 11) is 3.02. The highest BCUT2D eigenvalue weighted by Gasteiger charge is 2.25. The smallest absolute Gasteiger partial charge is 0.258 e. The molecular weight excluding hydrogens is 451 g/mol. The number of carbonyl (C=O) groups excluding carboxylic acids is 2. The predicted octanol–water partition coefficient (Wildman–Crippen LogP) is 4.83. The first kappa shape index (κ1) is 25.8. The largest absolute Gasteiger partial charge is 0.497 e. The summed E-state index contributed by atoms with van der Waals surface area (Å²) >= 11 is 0. The number of benzene rings is 2. The average Bonchev–Trinajstić information content (AvgIpc) is 3.28. The Morgan fingerprint density at radius 3 is 2.29 bits per heavy atom. The Balaban J connectivity index is 1.84. The van der Waals surface area contributed by atoms with E-state index in [0.717, 1.165) is 11.3 Å². The number of ether oxygens (including phenoxy) is 2. The lowest BCUT2D eigenvalue weighted by atomic mass is 10.1. The molecule has 0 saturated heterocycles. The first-order valence-electron chi connectivity index (χ1n) is 11.4. The second-order valence-electron chi connectivity index (χ2n) is 8.18. The van der Waals surface area contributed by atoms with Gasteiger partial charge in [-0.25, -0.2) is 4.39 Å². The molecule has 0 atom stereocenters. The molecule has 7 nitrogen and oxygen atoms in total. The number of nitrogens with zero attached hydrogens (tertiary/aromatic N) is 2. The van der Waals surface area contributed by atoms with Gasteiger partial charge in [0.05, 0.1) is 26.3 Å². The maximum absolute atomic E-state index is 13.5. The summed E-state index contributed by atoms with van der Waals surface area (Å²) in [4.78, 5) is 30.0. The van der Waals surface area contributed by atoms with Gasteiger partial charge in [0.2, 0.25) is 5.91 Å². The minimum absolute atomic E-state index is 0.122. The molecule has 0 N–H and O–H groups in total. The van der Waals surface area contributed by atoms with Crippen LogP contribution in [0.3, 0.4) is 0 Å². The normalized spacial score (nSPS) is 10.7. The van der Waals surface area contributed by atoms with Crippen LogP contribution in [0.25, 0.3) is 0 Å². The van der Waals surface area contributed by atoms with Crippen molar-refractivity contribution in [1.82, 2.24) is 9.80 Å². The van der Waals surface area contributed by atoms with Gasteiger partial charge in [-0.3, -0.25) is 9.59 Å². The van der Waals surface area contributed by atoms with Crippen LogP contribution in [-0.2, 0) is 17.9 Å². The zero-order chi connectivity index (χ0) is 25.4. The second-order valence-corrected chi connectivity index (χ2v) is 8.18. The molecule has 0 saturated carbocycles. The number of furan rings is 1.